The zero-order valence-electron chi connectivity index (χ0n) is 17.8. The Labute approximate surface area is 183 Å². The Morgan fingerprint density at radius 2 is 1.73 bits per heavy atom. The summed E-state index contributed by atoms with van der Waals surface area (Å²) in [6.45, 7) is 8.38. The molecule has 0 fully saturated rings. The van der Waals surface area contributed by atoms with Gasteiger partial charge in [0.15, 0.2) is 5.11 Å². The van der Waals surface area contributed by atoms with Gasteiger partial charge in [0.05, 0.1) is 18.8 Å². The molecule has 2 N–H and O–H groups in total. The van der Waals surface area contributed by atoms with Crippen molar-refractivity contribution in [1.82, 2.24) is 5.32 Å². The average Bonchev–Trinajstić information content (AvgIpc) is 2.72. The van der Waals surface area contributed by atoms with Gasteiger partial charge in [-0.3, -0.25) is 10.1 Å². The largest absolute Gasteiger partial charge is 0.494 e. The molecule has 0 bridgehead atoms. The normalized spacial score (nSPS) is 10.5. The highest BCUT2D eigenvalue weighted by Crippen LogP contribution is 2.19. The number of rotatable bonds is 11. The number of carbonyl (C=O) groups is 1. The Balaban J connectivity index is 1.86. The summed E-state index contributed by atoms with van der Waals surface area (Å²) in [5.41, 5.74) is 1.17. The van der Waals surface area contributed by atoms with Crippen LogP contribution in [-0.4, -0.2) is 37.4 Å². The van der Waals surface area contributed by atoms with Crippen molar-refractivity contribution in [2.24, 2.45) is 5.92 Å². The maximum atomic E-state index is 12.6. The lowest BCUT2D eigenvalue weighted by atomic mass is 10.1. The Kier molecular flexibility index (Phi) is 10.1. The summed E-state index contributed by atoms with van der Waals surface area (Å²) < 4.78 is 16.6. The molecular formula is C23H30N2O4S. The molecule has 0 atom stereocenters. The van der Waals surface area contributed by atoms with E-state index >= 15 is 0 Å². The summed E-state index contributed by atoms with van der Waals surface area (Å²) in [6, 6.07) is 14.5. The van der Waals surface area contributed by atoms with Gasteiger partial charge in [-0.2, -0.15) is 0 Å². The molecule has 0 aliphatic carbocycles. The molecule has 2 aromatic carbocycles. The van der Waals surface area contributed by atoms with Gasteiger partial charge in [-0.15, -0.1) is 0 Å². The first-order chi connectivity index (χ1) is 14.5. The maximum Gasteiger partial charge on any atom is 0.261 e. The van der Waals surface area contributed by atoms with Crippen molar-refractivity contribution in [3.05, 3.63) is 54.1 Å². The van der Waals surface area contributed by atoms with Gasteiger partial charge in [-0.1, -0.05) is 26.0 Å². The summed E-state index contributed by atoms with van der Waals surface area (Å²) in [5, 5.41) is 5.90. The SMILES string of the molecule is CCOCCOc1ccccc1C(=O)NC(=S)Nc1ccc(OCCC(C)C)cc1. The zero-order valence-corrected chi connectivity index (χ0v) is 18.6. The molecule has 2 aromatic rings. The van der Waals surface area contributed by atoms with Crippen LogP contribution in [0.2, 0.25) is 0 Å². The molecule has 0 saturated carbocycles. The number of benzene rings is 2. The van der Waals surface area contributed by atoms with Crippen molar-refractivity contribution < 1.29 is 19.0 Å². The fourth-order valence-electron chi connectivity index (χ4n) is 2.51. The number of para-hydroxylation sites is 1. The van der Waals surface area contributed by atoms with Gasteiger partial charge in [0.2, 0.25) is 0 Å². The van der Waals surface area contributed by atoms with Gasteiger partial charge in [0.1, 0.15) is 18.1 Å². The average molecular weight is 431 g/mol. The van der Waals surface area contributed by atoms with Gasteiger partial charge < -0.3 is 19.5 Å². The molecule has 6 nitrogen and oxygen atoms in total. The number of hydrogen-bond acceptors (Lipinski definition) is 5. The van der Waals surface area contributed by atoms with E-state index in [9.17, 15) is 4.79 Å². The van der Waals surface area contributed by atoms with Crippen molar-refractivity contribution in [1.29, 1.82) is 0 Å². The topological polar surface area (TPSA) is 68.8 Å². The minimum Gasteiger partial charge on any atom is -0.494 e. The summed E-state index contributed by atoms with van der Waals surface area (Å²) in [7, 11) is 0. The molecule has 0 heterocycles. The summed E-state index contributed by atoms with van der Waals surface area (Å²) in [4.78, 5) is 12.6. The lowest BCUT2D eigenvalue weighted by Gasteiger charge is -2.13. The van der Waals surface area contributed by atoms with E-state index in [4.69, 9.17) is 26.4 Å². The van der Waals surface area contributed by atoms with Crippen LogP contribution >= 0.6 is 12.2 Å². The number of ether oxygens (including phenoxy) is 3. The molecule has 2 rings (SSSR count). The second kappa shape index (κ2) is 12.8. The first-order valence-electron chi connectivity index (χ1n) is 10.1. The molecule has 0 radical (unpaired) electrons. The molecule has 0 unspecified atom stereocenters. The Morgan fingerprint density at radius 3 is 2.43 bits per heavy atom. The molecule has 1 amide bonds. The molecule has 0 aliphatic heterocycles. The fourth-order valence-corrected chi connectivity index (χ4v) is 2.73. The predicted octanol–water partition coefficient (Wildman–Crippen LogP) is 4.65. The van der Waals surface area contributed by atoms with Crippen LogP contribution in [0.15, 0.2) is 48.5 Å². The first kappa shape index (κ1) is 23.6. The number of anilines is 1. The molecule has 0 spiro atoms. The van der Waals surface area contributed by atoms with Crippen LogP contribution in [0.5, 0.6) is 11.5 Å². The third kappa shape index (κ3) is 8.39. The van der Waals surface area contributed by atoms with Crippen LogP contribution in [0, 0.1) is 5.92 Å². The molecule has 162 valence electrons. The van der Waals surface area contributed by atoms with E-state index in [0.29, 0.717) is 43.7 Å². The number of thiocarbonyl (C=S) groups is 1. The Hall–Kier alpha value is -2.64. The molecule has 0 saturated heterocycles. The second-order valence-electron chi connectivity index (χ2n) is 7.01. The van der Waals surface area contributed by atoms with Gasteiger partial charge >= 0.3 is 0 Å². The van der Waals surface area contributed by atoms with E-state index in [0.717, 1.165) is 17.9 Å². The van der Waals surface area contributed by atoms with E-state index in [1.165, 1.54) is 0 Å². The van der Waals surface area contributed by atoms with Crippen molar-refractivity contribution in [3.63, 3.8) is 0 Å². The van der Waals surface area contributed by atoms with Crippen LogP contribution < -0.4 is 20.1 Å². The smallest absolute Gasteiger partial charge is 0.261 e. The Morgan fingerprint density at radius 1 is 1.00 bits per heavy atom. The van der Waals surface area contributed by atoms with Crippen molar-refractivity contribution >= 4 is 28.9 Å². The summed E-state index contributed by atoms with van der Waals surface area (Å²) >= 11 is 5.27. The number of carbonyl (C=O) groups excluding carboxylic acids is 1. The number of nitrogens with one attached hydrogen (secondary N) is 2. The van der Waals surface area contributed by atoms with Gasteiger partial charge in [0, 0.05) is 12.3 Å². The third-order valence-electron chi connectivity index (χ3n) is 4.12. The molecule has 30 heavy (non-hydrogen) atoms. The predicted molar refractivity (Wildman–Crippen MR) is 124 cm³/mol. The van der Waals surface area contributed by atoms with Gasteiger partial charge in [-0.05, 0) is 67.9 Å². The van der Waals surface area contributed by atoms with Crippen molar-refractivity contribution in [3.8, 4) is 11.5 Å². The Bertz CT molecular complexity index is 809. The summed E-state index contributed by atoms with van der Waals surface area (Å²) in [6.07, 6.45) is 1.01. The minimum absolute atomic E-state index is 0.206. The van der Waals surface area contributed by atoms with Gasteiger partial charge in [-0.25, -0.2) is 0 Å². The number of amides is 1. The third-order valence-corrected chi connectivity index (χ3v) is 4.33. The molecule has 7 heteroatoms. The lowest BCUT2D eigenvalue weighted by Crippen LogP contribution is -2.34. The molecular weight excluding hydrogens is 400 g/mol. The number of hydrogen-bond donors (Lipinski definition) is 2. The van der Waals surface area contributed by atoms with E-state index in [2.05, 4.69) is 24.5 Å². The summed E-state index contributed by atoms with van der Waals surface area (Å²) in [5.74, 6) is 1.55. The second-order valence-corrected chi connectivity index (χ2v) is 7.41. The monoisotopic (exact) mass is 430 g/mol. The quantitative estimate of drug-likeness (QED) is 0.399. The maximum absolute atomic E-state index is 12.6. The molecule has 0 aliphatic rings. The fraction of sp³-hybridized carbons (Fsp3) is 0.391. The van der Waals surface area contributed by atoms with Crippen LogP contribution in [-0.2, 0) is 4.74 Å². The minimum atomic E-state index is -0.340. The highest BCUT2D eigenvalue weighted by Gasteiger charge is 2.13. The highest BCUT2D eigenvalue weighted by atomic mass is 32.1. The van der Waals surface area contributed by atoms with Gasteiger partial charge in [0.25, 0.3) is 5.91 Å². The highest BCUT2D eigenvalue weighted by molar-refractivity contribution is 7.80. The standard InChI is InChI=1S/C23H30N2O4S/c1-4-27-15-16-29-21-8-6-5-7-20(21)22(26)25-23(30)24-18-9-11-19(12-10-18)28-14-13-17(2)3/h5-12,17H,4,13-16H2,1-3H3,(H2,24,25,26,30). The lowest BCUT2D eigenvalue weighted by molar-refractivity contribution is 0.0958. The van der Waals surface area contributed by atoms with E-state index < -0.39 is 0 Å². The van der Waals surface area contributed by atoms with Crippen molar-refractivity contribution in [2.75, 3.05) is 31.7 Å². The van der Waals surface area contributed by atoms with Crippen LogP contribution in [0.3, 0.4) is 0 Å². The van der Waals surface area contributed by atoms with Crippen LogP contribution in [0.4, 0.5) is 5.69 Å². The molecule has 0 aromatic heterocycles. The first-order valence-corrected chi connectivity index (χ1v) is 10.5. The van der Waals surface area contributed by atoms with Crippen LogP contribution in [0.1, 0.15) is 37.6 Å². The van der Waals surface area contributed by atoms with E-state index in [-0.39, 0.29) is 11.0 Å². The van der Waals surface area contributed by atoms with Crippen LogP contribution in [0.25, 0.3) is 0 Å². The van der Waals surface area contributed by atoms with Crippen molar-refractivity contribution in [2.45, 2.75) is 27.2 Å². The van der Waals surface area contributed by atoms with E-state index in [1.807, 2.05) is 37.3 Å². The van der Waals surface area contributed by atoms with E-state index in [1.54, 1.807) is 18.2 Å². The zero-order chi connectivity index (χ0) is 21.8.